The zero-order valence-corrected chi connectivity index (χ0v) is 13.0. The fourth-order valence-electron chi connectivity index (χ4n) is 1.67. The summed E-state index contributed by atoms with van der Waals surface area (Å²) in [7, 11) is 1.23. The number of carbonyl (C=O) groups is 2. The summed E-state index contributed by atoms with van der Waals surface area (Å²) >= 11 is 6.13. The van der Waals surface area contributed by atoms with Crippen molar-refractivity contribution < 1.29 is 19.2 Å². The number of ether oxygens (including phenoxy) is 1. The van der Waals surface area contributed by atoms with E-state index in [1.54, 1.807) is 6.08 Å². The molecule has 22 heavy (non-hydrogen) atoms. The van der Waals surface area contributed by atoms with Crippen LogP contribution in [0.4, 0.5) is 5.69 Å². The minimum absolute atomic E-state index is 0.0320. The quantitative estimate of drug-likeness (QED) is 0.272. The van der Waals surface area contributed by atoms with Crippen LogP contribution in [0.2, 0.25) is 0 Å². The van der Waals surface area contributed by atoms with Crippen molar-refractivity contribution in [2.75, 3.05) is 13.7 Å². The molecule has 7 nitrogen and oxygen atoms in total. The van der Waals surface area contributed by atoms with Crippen LogP contribution in [0.1, 0.15) is 5.56 Å². The Morgan fingerprint density at radius 3 is 2.64 bits per heavy atom. The molecule has 0 bridgehead atoms. The van der Waals surface area contributed by atoms with Gasteiger partial charge < -0.3 is 4.74 Å². The van der Waals surface area contributed by atoms with E-state index < -0.39 is 16.8 Å². The van der Waals surface area contributed by atoms with Gasteiger partial charge in [0, 0.05) is 12.1 Å². The molecule has 0 radical (unpaired) electrons. The second-order valence-electron chi connectivity index (χ2n) is 4.19. The van der Waals surface area contributed by atoms with Crippen molar-refractivity contribution >= 4 is 51.9 Å². The van der Waals surface area contributed by atoms with Gasteiger partial charge in [-0.25, -0.2) is 0 Å². The first kappa shape index (κ1) is 16.1. The Hall–Kier alpha value is -2.26. The van der Waals surface area contributed by atoms with Crippen LogP contribution in [0.5, 0.6) is 0 Å². The number of nitrogens with zero attached hydrogens (tertiary/aromatic N) is 2. The highest BCUT2D eigenvalue weighted by molar-refractivity contribution is 8.26. The van der Waals surface area contributed by atoms with Crippen LogP contribution in [0.15, 0.2) is 29.2 Å². The van der Waals surface area contributed by atoms with Crippen LogP contribution in [0.3, 0.4) is 0 Å². The van der Waals surface area contributed by atoms with Crippen LogP contribution in [-0.2, 0) is 14.3 Å². The molecular weight excluding hydrogens is 328 g/mol. The summed E-state index contributed by atoms with van der Waals surface area (Å²) in [6, 6.07) is 5.76. The van der Waals surface area contributed by atoms with Crippen LogP contribution in [0.25, 0.3) is 6.08 Å². The van der Waals surface area contributed by atoms with Crippen LogP contribution >= 0.6 is 24.0 Å². The molecular formula is C13H10N2O5S2. The van der Waals surface area contributed by atoms with E-state index in [1.165, 1.54) is 31.4 Å². The fraction of sp³-hybridized carbons (Fsp3) is 0.154. The molecule has 2 rings (SSSR count). The predicted octanol–water partition coefficient (Wildman–Crippen LogP) is 1.97. The third kappa shape index (κ3) is 3.49. The maximum Gasteiger partial charge on any atom is 0.325 e. The average Bonchev–Trinajstić information content (AvgIpc) is 2.75. The highest BCUT2D eigenvalue weighted by atomic mass is 32.2. The molecule has 1 aromatic carbocycles. The molecule has 0 saturated carbocycles. The lowest BCUT2D eigenvalue weighted by Gasteiger charge is -2.11. The van der Waals surface area contributed by atoms with Crippen molar-refractivity contribution in [1.29, 1.82) is 0 Å². The number of carbonyl (C=O) groups excluding carboxylic acids is 2. The van der Waals surface area contributed by atoms with Crippen LogP contribution in [-0.4, -0.2) is 39.7 Å². The first-order valence-corrected chi connectivity index (χ1v) is 7.21. The van der Waals surface area contributed by atoms with Gasteiger partial charge in [-0.1, -0.05) is 24.0 Å². The van der Waals surface area contributed by atoms with Gasteiger partial charge in [-0.2, -0.15) is 0 Å². The number of amides is 1. The highest BCUT2D eigenvalue weighted by Crippen LogP contribution is 2.32. The lowest BCUT2D eigenvalue weighted by Crippen LogP contribution is -2.33. The zero-order valence-electron chi connectivity index (χ0n) is 11.3. The number of thiocarbonyl (C=S) groups is 1. The number of rotatable bonds is 4. The van der Waals surface area contributed by atoms with Crippen molar-refractivity contribution in [3.8, 4) is 0 Å². The molecule has 0 spiro atoms. The monoisotopic (exact) mass is 338 g/mol. The first-order chi connectivity index (χ1) is 10.4. The minimum Gasteiger partial charge on any atom is -0.468 e. The molecule has 114 valence electrons. The summed E-state index contributed by atoms with van der Waals surface area (Å²) < 4.78 is 4.78. The third-order valence-corrected chi connectivity index (χ3v) is 4.17. The van der Waals surface area contributed by atoms with Crippen molar-refractivity contribution in [2.24, 2.45) is 0 Å². The number of thioether (sulfide) groups is 1. The van der Waals surface area contributed by atoms with Crippen LogP contribution in [0, 0.1) is 10.1 Å². The average molecular weight is 338 g/mol. The number of benzene rings is 1. The van der Waals surface area contributed by atoms with Crippen molar-refractivity contribution in [3.63, 3.8) is 0 Å². The van der Waals surface area contributed by atoms with E-state index in [-0.39, 0.29) is 16.6 Å². The highest BCUT2D eigenvalue weighted by Gasteiger charge is 2.33. The lowest BCUT2D eigenvalue weighted by atomic mass is 10.2. The van der Waals surface area contributed by atoms with Crippen molar-refractivity contribution in [2.45, 2.75) is 0 Å². The minimum atomic E-state index is -0.562. The molecule has 1 fully saturated rings. The summed E-state index contributed by atoms with van der Waals surface area (Å²) in [6.45, 7) is -0.237. The summed E-state index contributed by atoms with van der Waals surface area (Å²) in [4.78, 5) is 35.0. The summed E-state index contributed by atoms with van der Waals surface area (Å²) in [6.07, 6.45) is 1.57. The molecule has 1 aliphatic heterocycles. The van der Waals surface area contributed by atoms with E-state index in [9.17, 15) is 19.7 Å². The Kier molecular flexibility index (Phi) is 4.88. The normalized spacial score (nSPS) is 16.2. The molecule has 1 amide bonds. The number of non-ortho nitro benzene ring substituents is 1. The van der Waals surface area contributed by atoms with Gasteiger partial charge >= 0.3 is 5.97 Å². The third-order valence-electron chi connectivity index (χ3n) is 2.79. The van der Waals surface area contributed by atoms with E-state index in [4.69, 9.17) is 12.2 Å². The number of nitro groups is 1. The second kappa shape index (κ2) is 6.67. The molecule has 0 atom stereocenters. The maximum atomic E-state index is 12.2. The first-order valence-electron chi connectivity index (χ1n) is 5.99. The molecule has 1 saturated heterocycles. The topological polar surface area (TPSA) is 89.8 Å². The number of methoxy groups -OCH3 is 1. The van der Waals surface area contributed by atoms with E-state index in [1.807, 2.05) is 0 Å². The zero-order chi connectivity index (χ0) is 16.3. The number of esters is 1. The van der Waals surface area contributed by atoms with Gasteiger partial charge in [0.1, 0.15) is 10.9 Å². The Bertz CT molecular complexity index is 684. The van der Waals surface area contributed by atoms with Crippen molar-refractivity contribution in [1.82, 2.24) is 4.90 Å². The van der Waals surface area contributed by atoms with Gasteiger partial charge in [0.25, 0.3) is 11.6 Å². The van der Waals surface area contributed by atoms with Crippen LogP contribution < -0.4 is 0 Å². The SMILES string of the molecule is COC(=O)CN1C(=O)/C(=C/c2ccc([N+](=O)[O-])cc2)SC1=S. The smallest absolute Gasteiger partial charge is 0.325 e. The largest absolute Gasteiger partial charge is 0.468 e. The predicted molar refractivity (Wildman–Crippen MR) is 85.0 cm³/mol. The van der Waals surface area contributed by atoms with E-state index in [2.05, 4.69) is 4.74 Å². The van der Waals surface area contributed by atoms with Gasteiger partial charge in [-0.05, 0) is 23.8 Å². The Labute approximate surface area is 135 Å². The summed E-state index contributed by atoms with van der Waals surface area (Å²) in [5, 5.41) is 10.6. The van der Waals surface area contributed by atoms with E-state index >= 15 is 0 Å². The van der Waals surface area contributed by atoms with Gasteiger partial charge in [0.2, 0.25) is 0 Å². The lowest BCUT2D eigenvalue weighted by molar-refractivity contribution is -0.384. The summed E-state index contributed by atoms with van der Waals surface area (Å²) in [5.41, 5.74) is 0.597. The van der Waals surface area contributed by atoms with E-state index in [0.29, 0.717) is 10.5 Å². The Morgan fingerprint density at radius 1 is 1.45 bits per heavy atom. The second-order valence-corrected chi connectivity index (χ2v) is 5.87. The summed E-state index contributed by atoms with van der Waals surface area (Å²) in [5.74, 6) is -0.952. The maximum absolute atomic E-state index is 12.2. The van der Waals surface area contributed by atoms with Gasteiger partial charge in [0.15, 0.2) is 0 Å². The van der Waals surface area contributed by atoms with Gasteiger partial charge in [0.05, 0.1) is 16.9 Å². The van der Waals surface area contributed by atoms with Gasteiger partial charge in [-0.15, -0.1) is 0 Å². The van der Waals surface area contributed by atoms with E-state index in [0.717, 1.165) is 16.7 Å². The van der Waals surface area contributed by atoms with Crippen molar-refractivity contribution in [3.05, 3.63) is 44.8 Å². The number of hydrogen-bond acceptors (Lipinski definition) is 7. The number of nitro benzene ring substituents is 1. The molecule has 0 aliphatic carbocycles. The molecule has 1 aromatic rings. The molecule has 0 N–H and O–H groups in total. The molecule has 9 heteroatoms. The Balaban J connectivity index is 2.19. The molecule has 0 unspecified atom stereocenters. The molecule has 1 aliphatic rings. The van der Waals surface area contributed by atoms with Gasteiger partial charge in [-0.3, -0.25) is 24.6 Å². The number of hydrogen-bond donors (Lipinski definition) is 0. The molecule has 1 heterocycles. The Morgan fingerprint density at radius 2 is 2.09 bits per heavy atom. The standard InChI is InChI=1S/C13H10N2O5S2/c1-20-11(16)7-14-12(17)10(22-13(14)21)6-8-2-4-9(5-3-8)15(18)19/h2-6H,7H2,1H3/b10-6-. The molecule has 0 aromatic heterocycles. The fourth-order valence-corrected chi connectivity index (χ4v) is 2.93.